The highest BCUT2D eigenvalue weighted by Gasteiger charge is 2.20. The molecule has 32 heavy (non-hydrogen) atoms. The largest absolute Gasteiger partial charge is 0.433 e. The fourth-order valence-electron chi connectivity index (χ4n) is 2.96. The van der Waals surface area contributed by atoms with Gasteiger partial charge in [-0.3, -0.25) is 4.72 Å². The number of sulfonamides is 1. The van der Waals surface area contributed by atoms with Gasteiger partial charge in [-0.25, -0.2) is 18.4 Å². The van der Waals surface area contributed by atoms with Gasteiger partial charge in [-0.15, -0.1) is 0 Å². The minimum atomic E-state index is -3.99. The lowest BCUT2D eigenvalue weighted by atomic mass is 10.2. The summed E-state index contributed by atoms with van der Waals surface area (Å²) in [6.07, 6.45) is 0. The summed E-state index contributed by atoms with van der Waals surface area (Å²) in [5.74, 6) is -0.175. The quantitative estimate of drug-likeness (QED) is 0.403. The van der Waals surface area contributed by atoms with Crippen LogP contribution in [-0.4, -0.2) is 25.0 Å². The normalized spacial score (nSPS) is 11.5. The molecule has 0 saturated heterocycles. The van der Waals surface area contributed by atoms with Gasteiger partial charge in [0.05, 0.1) is 21.6 Å². The number of rotatable bonds is 7. The van der Waals surface area contributed by atoms with Crippen LogP contribution in [0.1, 0.15) is 5.56 Å². The van der Waals surface area contributed by atoms with Crippen molar-refractivity contribution in [3.8, 4) is 5.75 Å². The Hall–Kier alpha value is -3.79. The Labute approximate surface area is 183 Å². The topological polar surface area (TPSA) is 93.2 Å². The minimum absolute atomic E-state index is 0.0321. The number of halogens is 2. The minimum Gasteiger partial charge on any atom is -0.433 e. The first-order valence-electron chi connectivity index (χ1n) is 9.49. The first kappa shape index (κ1) is 21.4. The zero-order valence-electron chi connectivity index (χ0n) is 16.8. The van der Waals surface area contributed by atoms with E-state index >= 15 is 0 Å². The first-order chi connectivity index (χ1) is 15.3. The molecule has 0 aliphatic heterocycles. The fourth-order valence-corrected chi connectivity index (χ4v) is 3.97. The third-order valence-corrected chi connectivity index (χ3v) is 5.84. The predicted octanol–water partition coefficient (Wildman–Crippen LogP) is 5.08. The van der Waals surface area contributed by atoms with Crippen molar-refractivity contribution in [1.29, 1.82) is 0 Å². The van der Waals surface area contributed by atoms with E-state index in [1.807, 2.05) is 6.92 Å². The Morgan fingerprint density at radius 2 is 1.44 bits per heavy atom. The van der Waals surface area contributed by atoms with Crippen molar-refractivity contribution < 1.29 is 21.9 Å². The summed E-state index contributed by atoms with van der Waals surface area (Å²) in [6.45, 7) is -1.18. The van der Waals surface area contributed by atoms with Crippen molar-refractivity contribution in [2.24, 2.45) is 0 Å². The second-order valence-corrected chi connectivity index (χ2v) is 8.51. The summed E-state index contributed by atoms with van der Waals surface area (Å²) in [4.78, 5) is 8.87. The van der Waals surface area contributed by atoms with Crippen LogP contribution in [-0.2, 0) is 10.0 Å². The van der Waals surface area contributed by atoms with Crippen molar-refractivity contribution in [1.82, 2.24) is 9.97 Å². The van der Waals surface area contributed by atoms with Crippen LogP contribution in [0.2, 0.25) is 0 Å². The van der Waals surface area contributed by atoms with Gasteiger partial charge in [0.2, 0.25) is 0 Å². The number of anilines is 3. The summed E-state index contributed by atoms with van der Waals surface area (Å²) in [5.41, 5.74) is 2.03. The number of hydrogen-bond donors (Lipinski definition) is 2. The average molecular weight is 456 g/mol. The monoisotopic (exact) mass is 456 g/mol. The predicted molar refractivity (Wildman–Crippen MR) is 118 cm³/mol. The number of alkyl halides is 2. The number of aryl methyl sites for hydroxylation is 1. The van der Waals surface area contributed by atoms with Gasteiger partial charge in [-0.2, -0.15) is 8.78 Å². The maximum atomic E-state index is 12.9. The molecule has 0 fully saturated rings. The zero-order valence-corrected chi connectivity index (χ0v) is 17.6. The molecule has 164 valence electrons. The zero-order chi connectivity index (χ0) is 22.7. The van der Waals surface area contributed by atoms with Crippen molar-refractivity contribution in [2.45, 2.75) is 18.4 Å². The van der Waals surface area contributed by atoms with Crippen LogP contribution in [0.25, 0.3) is 11.0 Å². The van der Waals surface area contributed by atoms with Crippen molar-refractivity contribution in [2.75, 3.05) is 10.0 Å². The van der Waals surface area contributed by atoms with Gasteiger partial charge in [-0.05, 0) is 43.3 Å². The number of ether oxygens (including phenoxy) is 1. The van der Waals surface area contributed by atoms with E-state index in [0.29, 0.717) is 11.0 Å². The first-order valence-corrected chi connectivity index (χ1v) is 11.0. The second-order valence-electron chi connectivity index (χ2n) is 6.83. The molecule has 4 aromatic rings. The number of nitrogens with one attached hydrogen (secondary N) is 2. The maximum absolute atomic E-state index is 12.9. The van der Waals surface area contributed by atoms with E-state index < -0.39 is 16.6 Å². The van der Waals surface area contributed by atoms with E-state index in [1.54, 1.807) is 42.5 Å². The molecule has 0 aliphatic rings. The molecule has 0 saturated carbocycles. The Morgan fingerprint density at radius 1 is 0.844 bits per heavy atom. The summed E-state index contributed by atoms with van der Waals surface area (Å²) in [5, 5.41) is 2.86. The van der Waals surface area contributed by atoms with Gasteiger partial charge < -0.3 is 10.1 Å². The summed E-state index contributed by atoms with van der Waals surface area (Å²) < 4.78 is 58.4. The molecule has 0 radical (unpaired) electrons. The lowest BCUT2D eigenvalue weighted by molar-refractivity contribution is -0.0493. The Bertz CT molecular complexity index is 1360. The van der Waals surface area contributed by atoms with Crippen LogP contribution in [0.5, 0.6) is 5.75 Å². The van der Waals surface area contributed by atoms with E-state index in [2.05, 4.69) is 24.7 Å². The molecule has 0 bridgehead atoms. The second kappa shape index (κ2) is 8.75. The molecule has 7 nitrogen and oxygen atoms in total. The maximum Gasteiger partial charge on any atom is 0.387 e. The third-order valence-electron chi connectivity index (χ3n) is 4.49. The smallest absolute Gasteiger partial charge is 0.387 e. The molecule has 4 rings (SSSR count). The molecule has 1 heterocycles. The van der Waals surface area contributed by atoms with Gasteiger partial charge in [0.1, 0.15) is 5.75 Å². The van der Waals surface area contributed by atoms with Gasteiger partial charge >= 0.3 is 6.61 Å². The molecular weight excluding hydrogens is 438 g/mol. The molecule has 10 heteroatoms. The Balaban J connectivity index is 1.77. The van der Waals surface area contributed by atoms with Gasteiger partial charge in [-0.1, -0.05) is 42.0 Å². The Kier molecular flexibility index (Phi) is 5.87. The van der Waals surface area contributed by atoms with E-state index in [1.165, 1.54) is 30.3 Å². The SMILES string of the molecule is Cc1ccc(S(=O)(=O)Nc2nc3ccccc3nc2Nc2ccccc2OC(F)F)cc1. The average Bonchev–Trinajstić information content (AvgIpc) is 2.75. The number of para-hydroxylation sites is 4. The summed E-state index contributed by atoms with van der Waals surface area (Å²) in [6, 6.07) is 19.2. The van der Waals surface area contributed by atoms with Gasteiger partial charge in [0.25, 0.3) is 10.0 Å². The number of benzene rings is 3. The molecule has 0 atom stereocenters. The molecule has 1 aromatic heterocycles. The molecule has 2 N–H and O–H groups in total. The molecule has 0 amide bonds. The van der Waals surface area contributed by atoms with Gasteiger partial charge in [0, 0.05) is 0 Å². The van der Waals surface area contributed by atoms with Crippen LogP contribution in [0.15, 0.2) is 77.7 Å². The van der Waals surface area contributed by atoms with Crippen LogP contribution in [0.3, 0.4) is 0 Å². The lowest BCUT2D eigenvalue weighted by Crippen LogP contribution is -2.16. The summed E-state index contributed by atoms with van der Waals surface area (Å²) >= 11 is 0. The van der Waals surface area contributed by atoms with E-state index in [9.17, 15) is 17.2 Å². The highest BCUT2D eigenvalue weighted by Crippen LogP contribution is 2.32. The molecule has 0 spiro atoms. The third kappa shape index (κ3) is 4.75. The van der Waals surface area contributed by atoms with Crippen LogP contribution < -0.4 is 14.8 Å². The van der Waals surface area contributed by atoms with E-state index in [0.717, 1.165) is 5.56 Å². The summed E-state index contributed by atoms with van der Waals surface area (Å²) in [7, 11) is -3.99. The van der Waals surface area contributed by atoms with E-state index in [4.69, 9.17) is 0 Å². The van der Waals surface area contributed by atoms with Crippen molar-refractivity contribution in [3.63, 3.8) is 0 Å². The van der Waals surface area contributed by atoms with Gasteiger partial charge in [0.15, 0.2) is 11.6 Å². The number of nitrogens with zero attached hydrogens (tertiary/aromatic N) is 2. The molecule has 0 aliphatic carbocycles. The van der Waals surface area contributed by atoms with Crippen LogP contribution in [0.4, 0.5) is 26.1 Å². The number of hydrogen-bond acceptors (Lipinski definition) is 6. The lowest BCUT2D eigenvalue weighted by Gasteiger charge is -2.16. The Morgan fingerprint density at radius 3 is 2.09 bits per heavy atom. The highest BCUT2D eigenvalue weighted by molar-refractivity contribution is 7.92. The number of aromatic nitrogens is 2. The molecular formula is C22H18F2N4O3S. The van der Waals surface area contributed by atoms with Crippen molar-refractivity contribution >= 4 is 38.4 Å². The highest BCUT2D eigenvalue weighted by atomic mass is 32.2. The fraction of sp³-hybridized carbons (Fsp3) is 0.0909. The molecule has 3 aromatic carbocycles. The molecule has 0 unspecified atom stereocenters. The van der Waals surface area contributed by atoms with Crippen LogP contribution >= 0.6 is 0 Å². The number of fused-ring (bicyclic) bond motifs is 1. The van der Waals surface area contributed by atoms with E-state index in [-0.39, 0.29) is 28.0 Å². The standard InChI is InChI=1S/C22H18F2N4O3S/c1-14-10-12-15(13-11-14)32(29,30)28-21-20(25-16-6-2-3-7-17(16)26-21)27-18-8-4-5-9-19(18)31-22(23)24/h2-13,22H,1H3,(H,25,27)(H,26,28). The van der Waals surface area contributed by atoms with Crippen molar-refractivity contribution in [3.05, 3.63) is 78.4 Å². The van der Waals surface area contributed by atoms with Crippen LogP contribution in [0, 0.1) is 6.92 Å².